The second kappa shape index (κ2) is 20.9. The van der Waals surface area contributed by atoms with Gasteiger partial charge in [-0.2, -0.15) is 0 Å². The van der Waals surface area contributed by atoms with Gasteiger partial charge in [0, 0.05) is 36.0 Å². The van der Waals surface area contributed by atoms with E-state index in [1.807, 2.05) is 24.3 Å². The van der Waals surface area contributed by atoms with Crippen LogP contribution in [0.2, 0.25) is 0 Å². The molecule has 8 rings (SSSR count). The van der Waals surface area contributed by atoms with E-state index in [2.05, 4.69) is 105 Å². The lowest BCUT2D eigenvalue weighted by atomic mass is 9.91. The third-order valence-electron chi connectivity index (χ3n) is 10.8. The number of aromatic nitrogens is 2. The largest absolute Gasteiger partial charge is 0.478 e. The molecule has 0 spiro atoms. The van der Waals surface area contributed by atoms with E-state index in [0.29, 0.717) is 12.2 Å². The Kier molecular flexibility index (Phi) is 15.0. The van der Waals surface area contributed by atoms with Crippen molar-refractivity contribution in [1.29, 1.82) is 0 Å². The summed E-state index contributed by atoms with van der Waals surface area (Å²) in [6, 6.07) is 37.9. The number of fused-ring (bicyclic) bond motifs is 2. The number of carboxylic acids is 2. The van der Waals surface area contributed by atoms with Gasteiger partial charge in [0.15, 0.2) is 11.2 Å². The molecule has 0 bridgehead atoms. The number of hydrogen-bond donors (Lipinski definition) is 2. The summed E-state index contributed by atoms with van der Waals surface area (Å²) in [6.07, 6.45) is 10.8. The Morgan fingerprint density at radius 1 is 0.554 bits per heavy atom. The zero-order valence-corrected chi connectivity index (χ0v) is 31.9. The van der Waals surface area contributed by atoms with Crippen molar-refractivity contribution in [2.45, 2.75) is 64.5 Å². The van der Waals surface area contributed by atoms with Gasteiger partial charge in [-0.1, -0.05) is 95.2 Å². The van der Waals surface area contributed by atoms with Gasteiger partial charge in [0.05, 0.1) is 11.4 Å². The summed E-state index contributed by atoms with van der Waals surface area (Å²) in [7, 11) is 0. The molecule has 0 aliphatic carbocycles. The molecule has 10 nitrogen and oxygen atoms in total. The predicted octanol–water partition coefficient (Wildman–Crippen LogP) is 9.06. The molecule has 4 aromatic carbocycles. The molecular weight excluding hydrogens is 705 g/mol. The van der Waals surface area contributed by atoms with Crippen LogP contribution in [0.4, 0.5) is 0 Å². The molecule has 2 fully saturated rings. The highest BCUT2D eigenvalue weighted by Crippen LogP contribution is 2.27. The Balaban J connectivity index is 0.000000160. The first-order valence-electron chi connectivity index (χ1n) is 19.7. The molecule has 2 N–H and O–H groups in total. The molecule has 10 heteroatoms. The van der Waals surface area contributed by atoms with Crippen LogP contribution in [0.25, 0.3) is 21.9 Å². The minimum absolute atomic E-state index is 0.558. The van der Waals surface area contributed by atoms with Crippen molar-refractivity contribution < 1.29 is 28.8 Å². The number of rotatable bonds is 12. The Labute approximate surface area is 328 Å². The number of aliphatic carboxylic acids is 2. The molecule has 0 amide bonds. The standard InChI is InChI=1S/2C21H24N2O.C4H4O4/c2*1-2-6-18(7-3-1)16-23-14-12-17(13-15-23)10-11-20-19-8-4-5-9-21(19)24-22-20;5-3(6)1-2-4(7)8/h2*1-9,17H,10-16H2;1-2H,(H,5,6)(H,7,8)/b;;2-1-. The molecule has 2 saturated heterocycles. The van der Waals surface area contributed by atoms with Gasteiger partial charge < -0.3 is 19.3 Å². The summed E-state index contributed by atoms with van der Waals surface area (Å²) in [5, 5.41) is 26.5. The highest BCUT2D eigenvalue weighted by atomic mass is 16.5. The minimum Gasteiger partial charge on any atom is -0.478 e. The van der Waals surface area contributed by atoms with Crippen LogP contribution >= 0.6 is 0 Å². The Morgan fingerprint density at radius 3 is 1.29 bits per heavy atom. The highest BCUT2D eigenvalue weighted by molar-refractivity contribution is 5.89. The number of hydrogen-bond acceptors (Lipinski definition) is 8. The Bertz CT molecular complexity index is 1960. The lowest BCUT2D eigenvalue weighted by Gasteiger charge is -2.31. The fraction of sp³-hybridized carbons (Fsp3) is 0.348. The first-order chi connectivity index (χ1) is 27.4. The first-order valence-corrected chi connectivity index (χ1v) is 19.7. The molecule has 56 heavy (non-hydrogen) atoms. The van der Waals surface area contributed by atoms with Gasteiger partial charge >= 0.3 is 11.9 Å². The molecule has 4 heterocycles. The number of piperidine rings is 2. The van der Waals surface area contributed by atoms with Gasteiger partial charge in [-0.25, -0.2) is 9.59 Å². The predicted molar refractivity (Wildman–Crippen MR) is 218 cm³/mol. The monoisotopic (exact) mass is 756 g/mol. The van der Waals surface area contributed by atoms with Crippen LogP contribution in [0, 0.1) is 11.8 Å². The van der Waals surface area contributed by atoms with Crippen molar-refractivity contribution in [3.63, 3.8) is 0 Å². The maximum absolute atomic E-state index is 9.55. The van der Waals surface area contributed by atoms with Crippen molar-refractivity contribution in [3.05, 3.63) is 144 Å². The van der Waals surface area contributed by atoms with Crippen molar-refractivity contribution in [1.82, 2.24) is 20.1 Å². The number of carbonyl (C=O) groups is 2. The Morgan fingerprint density at radius 2 is 0.911 bits per heavy atom. The SMILES string of the molecule is O=C(O)/C=C\C(=O)O.c1ccc(CN2CCC(CCc3noc4ccccc34)CC2)cc1.c1ccc(CN2CCC(CCc3noc4ccccc34)CC2)cc1. The zero-order valence-electron chi connectivity index (χ0n) is 31.9. The van der Waals surface area contributed by atoms with Crippen molar-refractivity contribution >= 4 is 33.9 Å². The lowest BCUT2D eigenvalue weighted by molar-refractivity contribution is -0.134. The van der Waals surface area contributed by atoms with Crippen LogP contribution in [0.3, 0.4) is 0 Å². The van der Waals surface area contributed by atoms with Gasteiger partial charge in [0.25, 0.3) is 0 Å². The number of carboxylic acid groups (broad SMARTS) is 2. The maximum atomic E-state index is 9.55. The van der Waals surface area contributed by atoms with Crippen LogP contribution in [-0.4, -0.2) is 68.4 Å². The third-order valence-corrected chi connectivity index (χ3v) is 10.8. The van der Waals surface area contributed by atoms with E-state index in [1.54, 1.807) is 0 Å². The second-order valence-corrected chi connectivity index (χ2v) is 14.7. The summed E-state index contributed by atoms with van der Waals surface area (Å²) in [5.41, 5.74) is 6.90. The summed E-state index contributed by atoms with van der Waals surface area (Å²) in [5.74, 6) is -0.889. The zero-order chi connectivity index (χ0) is 39.0. The molecule has 0 saturated carbocycles. The lowest BCUT2D eigenvalue weighted by Crippen LogP contribution is -2.33. The fourth-order valence-corrected chi connectivity index (χ4v) is 7.61. The van der Waals surface area contributed by atoms with E-state index >= 15 is 0 Å². The average molecular weight is 757 g/mol. The second-order valence-electron chi connectivity index (χ2n) is 14.7. The summed E-state index contributed by atoms with van der Waals surface area (Å²) < 4.78 is 10.8. The average Bonchev–Trinajstić information content (AvgIpc) is 3.85. The molecule has 6 aromatic rings. The number of aryl methyl sites for hydroxylation is 2. The highest BCUT2D eigenvalue weighted by Gasteiger charge is 2.21. The Hall–Kier alpha value is -5.58. The third kappa shape index (κ3) is 12.5. The molecule has 2 aromatic heterocycles. The van der Waals surface area contributed by atoms with E-state index in [4.69, 9.17) is 19.3 Å². The number of para-hydroxylation sites is 2. The van der Waals surface area contributed by atoms with E-state index in [9.17, 15) is 9.59 Å². The van der Waals surface area contributed by atoms with Gasteiger partial charge in [0.2, 0.25) is 0 Å². The van der Waals surface area contributed by atoms with E-state index < -0.39 is 11.9 Å². The topological polar surface area (TPSA) is 133 Å². The fourth-order valence-electron chi connectivity index (χ4n) is 7.61. The van der Waals surface area contributed by atoms with Crippen LogP contribution < -0.4 is 0 Å². The van der Waals surface area contributed by atoms with Crippen LogP contribution in [0.1, 0.15) is 61.0 Å². The van der Waals surface area contributed by atoms with Gasteiger partial charge in [-0.05, 0) is 125 Å². The van der Waals surface area contributed by atoms with Crippen LogP contribution in [0.15, 0.2) is 130 Å². The minimum atomic E-state index is -1.26. The quantitative estimate of drug-likeness (QED) is 0.117. The van der Waals surface area contributed by atoms with Crippen LogP contribution in [-0.2, 0) is 35.5 Å². The molecule has 0 unspecified atom stereocenters. The van der Waals surface area contributed by atoms with Gasteiger partial charge in [-0.3, -0.25) is 9.80 Å². The number of likely N-dealkylation sites (tertiary alicyclic amines) is 2. The molecule has 0 atom stereocenters. The molecule has 2 aliphatic rings. The van der Waals surface area contributed by atoms with Gasteiger partial charge in [-0.15, -0.1) is 0 Å². The van der Waals surface area contributed by atoms with E-state index in [0.717, 1.165) is 60.3 Å². The van der Waals surface area contributed by atoms with Crippen molar-refractivity contribution in [2.24, 2.45) is 11.8 Å². The number of benzene rings is 4. The smallest absolute Gasteiger partial charge is 0.328 e. The van der Waals surface area contributed by atoms with Crippen LogP contribution in [0.5, 0.6) is 0 Å². The van der Waals surface area contributed by atoms with Crippen molar-refractivity contribution in [2.75, 3.05) is 26.2 Å². The molecular formula is C46H52N4O6. The van der Waals surface area contributed by atoms with Gasteiger partial charge in [0.1, 0.15) is 0 Å². The maximum Gasteiger partial charge on any atom is 0.328 e. The first kappa shape index (κ1) is 40.1. The summed E-state index contributed by atoms with van der Waals surface area (Å²) in [6.45, 7) is 7.00. The summed E-state index contributed by atoms with van der Waals surface area (Å²) >= 11 is 0. The molecule has 0 radical (unpaired) electrons. The molecule has 2 aliphatic heterocycles. The number of nitrogens with zero attached hydrogens (tertiary/aromatic N) is 4. The molecule has 292 valence electrons. The normalized spacial score (nSPS) is 15.6. The van der Waals surface area contributed by atoms with E-state index in [1.165, 1.54) is 86.6 Å². The van der Waals surface area contributed by atoms with Crippen molar-refractivity contribution in [3.8, 4) is 0 Å². The summed E-state index contributed by atoms with van der Waals surface area (Å²) in [4.78, 5) is 24.3. The van der Waals surface area contributed by atoms with E-state index in [-0.39, 0.29) is 0 Å².